The number of halogens is 1. The van der Waals surface area contributed by atoms with Crippen molar-refractivity contribution in [3.63, 3.8) is 0 Å². The van der Waals surface area contributed by atoms with Gasteiger partial charge in [-0.25, -0.2) is 0 Å². The molecular weight excluding hydrogens is 159 g/mol. The quantitative estimate of drug-likeness (QED) is 0.330. The summed E-state index contributed by atoms with van der Waals surface area (Å²) in [5, 5.41) is 8.09. The molecular formula is C5H10ClNO3. The molecule has 0 aliphatic carbocycles. The normalized spacial score (nSPS) is 8.10. The molecule has 0 spiro atoms. The molecule has 0 aromatic heterocycles. The van der Waals surface area contributed by atoms with E-state index in [1.165, 1.54) is 0 Å². The van der Waals surface area contributed by atoms with Crippen molar-refractivity contribution in [1.82, 2.24) is 0 Å². The topological polar surface area (TPSA) is 82.0 Å². The lowest BCUT2D eigenvalue weighted by Crippen LogP contribution is -3.00. The Hall–Kier alpha value is -0.610. The van der Waals surface area contributed by atoms with Crippen LogP contribution in [0, 0.1) is 0 Å². The second-order valence-electron chi connectivity index (χ2n) is 1.68. The fourth-order valence-corrected chi connectivity index (χ4v) is 0.371. The molecule has 0 unspecified atom stereocenters. The van der Waals surface area contributed by atoms with Gasteiger partial charge in [0.1, 0.15) is 6.54 Å². The number of carboxylic acids is 1. The predicted molar refractivity (Wildman–Crippen MR) is 29.6 cm³/mol. The number of carboxylic acid groups (broad SMARTS) is 1. The summed E-state index contributed by atoms with van der Waals surface area (Å²) in [6.07, 6.45) is 0.0349. The highest BCUT2D eigenvalue weighted by Crippen LogP contribution is 1.87. The van der Waals surface area contributed by atoms with Crippen LogP contribution in [0.25, 0.3) is 0 Å². The van der Waals surface area contributed by atoms with Gasteiger partial charge in [0.15, 0.2) is 5.78 Å². The number of ketones is 1. The summed E-state index contributed by atoms with van der Waals surface area (Å²) < 4.78 is 0. The first-order valence-corrected chi connectivity index (χ1v) is 2.69. The van der Waals surface area contributed by atoms with Crippen LogP contribution in [0.3, 0.4) is 0 Å². The summed E-state index contributed by atoms with van der Waals surface area (Å²) in [4.78, 5) is 20.2. The van der Waals surface area contributed by atoms with Crippen molar-refractivity contribution in [2.75, 3.05) is 6.54 Å². The van der Waals surface area contributed by atoms with E-state index in [2.05, 4.69) is 5.73 Å². The first-order valence-electron chi connectivity index (χ1n) is 2.69. The van der Waals surface area contributed by atoms with Gasteiger partial charge < -0.3 is 23.2 Å². The molecule has 4 nitrogen and oxygen atoms in total. The number of Topliss-reactive ketones (excluding diaryl/α,β-unsaturated/α-hetero) is 1. The minimum Gasteiger partial charge on any atom is -1.00 e. The summed E-state index contributed by atoms with van der Waals surface area (Å²) in [5.74, 6) is -1.03. The molecule has 0 aromatic carbocycles. The lowest BCUT2D eigenvalue weighted by Gasteiger charge is -1.88. The van der Waals surface area contributed by atoms with E-state index in [4.69, 9.17) is 5.11 Å². The molecule has 0 aromatic rings. The zero-order valence-corrected chi connectivity index (χ0v) is 6.23. The van der Waals surface area contributed by atoms with Crippen molar-refractivity contribution in [1.29, 1.82) is 0 Å². The van der Waals surface area contributed by atoms with Crippen LogP contribution in [-0.2, 0) is 9.59 Å². The van der Waals surface area contributed by atoms with Gasteiger partial charge in [-0.1, -0.05) is 0 Å². The third-order valence-electron chi connectivity index (χ3n) is 0.897. The third kappa shape index (κ3) is 7.39. The molecule has 0 saturated heterocycles. The van der Waals surface area contributed by atoms with E-state index < -0.39 is 5.97 Å². The van der Waals surface area contributed by atoms with Crippen molar-refractivity contribution in [2.45, 2.75) is 12.8 Å². The maximum absolute atomic E-state index is 10.4. The van der Waals surface area contributed by atoms with E-state index >= 15 is 0 Å². The number of carbonyl (C=O) groups is 2. The number of quaternary nitrogens is 1. The van der Waals surface area contributed by atoms with Gasteiger partial charge in [0, 0.05) is 6.42 Å². The standard InChI is InChI=1S/C5H9NO3.ClH/c6-3-4(7)1-2-5(8)9;/h1-3,6H2,(H,8,9);1H/i3+1,6+1;. The molecule has 0 heterocycles. The van der Waals surface area contributed by atoms with Gasteiger partial charge >= 0.3 is 5.97 Å². The molecule has 4 N–H and O–H groups in total. The molecule has 60 valence electrons. The fraction of sp³-hybridized carbons (Fsp3) is 0.600. The second kappa shape index (κ2) is 6.51. The Kier molecular flexibility index (Phi) is 7.88. The molecule has 0 radical (unpaired) electrons. The summed E-state index contributed by atoms with van der Waals surface area (Å²) in [5.41, 5.74) is 3.32. The van der Waals surface area contributed by atoms with Crippen molar-refractivity contribution in [3.05, 3.63) is 0 Å². The monoisotopic (exact) mass is 169 g/mol. The number of hydrogen-bond donors (Lipinski definition) is 2. The van der Waals surface area contributed by atoms with Crippen LogP contribution >= 0.6 is 0 Å². The van der Waals surface area contributed by atoms with Crippen LogP contribution in [0.1, 0.15) is 12.8 Å². The number of rotatable bonds is 4. The minimum atomic E-state index is -0.934. The average molecular weight is 170 g/mol. The first kappa shape index (κ1) is 12.1. The second-order valence-corrected chi connectivity index (χ2v) is 1.68. The molecule has 10 heavy (non-hydrogen) atoms. The maximum Gasteiger partial charge on any atom is 0.303 e. The maximum atomic E-state index is 10.4. The molecule has 0 aliphatic rings. The van der Waals surface area contributed by atoms with Gasteiger partial charge in [0.2, 0.25) is 0 Å². The van der Waals surface area contributed by atoms with Gasteiger partial charge in [0.25, 0.3) is 0 Å². The smallest absolute Gasteiger partial charge is 0.303 e. The Morgan fingerprint density at radius 3 is 2.10 bits per heavy atom. The molecule has 5 heteroatoms. The molecule has 0 rings (SSSR count). The fourth-order valence-electron chi connectivity index (χ4n) is 0.371. The van der Waals surface area contributed by atoms with Crippen molar-refractivity contribution in [2.24, 2.45) is 0 Å². The van der Waals surface area contributed by atoms with Gasteiger partial charge in [-0.3, -0.25) is 9.59 Å². The number of hydrogen-bond acceptors (Lipinski definition) is 2. The van der Waals surface area contributed by atoms with E-state index in [-0.39, 0.29) is 37.6 Å². The highest BCUT2D eigenvalue weighted by atomic mass is 35.5. The van der Waals surface area contributed by atoms with Gasteiger partial charge in [-0.05, 0) is 0 Å². The van der Waals surface area contributed by atoms with Gasteiger partial charge in [0.05, 0.1) is 6.42 Å². The summed E-state index contributed by atoms with van der Waals surface area (Å²) in [6, 6.07) is 0. The largest absolute Gasteiger partial charge is 1.00 e. The average Bonchev–Trinajstić information content (AvgIpc) is 1.83. The lowest BCUT2D eigenvalue weighted by atomic mass is 10.3. The number of carbonyl (C=O) groups excluding carboxylic acids is 1. The highest BCUT2D eigenvalue weighted by molar-refractivity contribution is 5.82. The van der Waals surface area contributed by atoms with E-state index in [1.807, 2.05) is 0 Å². The van der Waals surface area contributed by atoms with E-state index in [9.17, 15) is 9.59 Å². The summed E-state index contributed by atoms with van der Waals surface area (Å²) in [7, 11) is 0. The van der Waals surface area contributed by atoms with E-state index in [1.54, 1.807) is 0 Å². The Bertz CT molecular complexity index is 126. The zero-order valence-electron chi connectivity index (χ0n) is 5.47. The summed E-state index contributed by atoms with van der Waals surface area (Å²) >= 11 is 0. The zero-order chi connectivity index (χ0) is 7.28. The number of aliphatic carboxylic acids is 1. The third-order valence-corrected chi connectivity index (χ3v) is 0.897. The SMILES string of the molecule is [15NH3+][13CH2]C(=O)CCC(=O)O.[Cl-]. The molecule has 0 bridgehead atoms. The van der Waals surface area contributed by atoms with Crippen LogP contribution in [0.2, 0.25) is 0 Å². The molecule has 0 atom stereocenters. The van der Waals surface area contributed by atoms with E-state index in [0.717, 1.165) is 0 Å². The molecule has 0 saturated carbocycles. The summed E-state index contributed by atoms with van der Waals surface area (Å²) in [6.45, 7) is 0.188. The van der Waals surface area contributed by atoms with Crippen molar-refractivity contribution in [3.8, 4) is 0 Å². The van der Waals surface area contributed by atoms with Crippen LogP contribution < -0.4 is 18.1 Å². The minimum absolute atomic E-state index is 0. The van der Waals surface area contributed by atoms with Crippen LogP contribution in [0.15, 0.2) is 0 Å². The van der Waals surface area contributed by atoms with Crippen LogP contribution in [0.4, 0.5) is 0 Å². The molecule has 0 aliphatic heterocycles. The Labute approximate surface area is 64.8 Å². The Morgan fingerprint density at radius 2 is 1.80 bits per heavy atom. The molecule has 0 amide bonds. The van der Waals surface area contributed by atoms with Gasteiger partial charge in [-0.15, -0.1) is 0 Å². The Morgan fingerprint density at radius 1 is 1.30 bits per heavy atom. The van der Waals surface area contributed by atoms with Crippen molar-refractivity contribution < 1.29 is 32.8 Å². The lowest BCUT2D eigenvalue weighted by molar-refractivity contribution is -0.354. The highest BCUT2D eigenvalue weighted by Gasteiger charge is 2.03. The van der Waals surface area contributed by atoms with Crippen molar-refractivity contribution >= 4 is 11.8 Å². The predicted octanol–water partition coefficient (Wildman–Crippen LogP) is -4.33. The van der Waals surface area contributed by atoms with Crippen LogP contribution in [0.5, 0.6) is 0 Å². The van der Waals surface area contributed by atoms with Gasteiger partial charge in [-0.2, -0.15) is 0 Å². The van der Waals surface area contributed by atoms with Crippen LogP contribution in [-0.4, -0.2) is 23.4 Å². The Balaban J connectivity index is 0. The first-order chi connectivity index (χ1) is 4.16. The van der Waals surface area contributed by atoms with E-state index in [0.29, 0.717) is 0 Å². The molecule has 0 fully saturated rings.